The van der Waals surface area contributed by atoms with Crippen LogP contribution in [0.1, 0.15) is 29.7 Å². The molecule has 0 saturated carbocycles. The van der Waals surface area contributed by atoms with Crippen LogP contribution in [0.2, 0.25) is 0 Å². The minimum absolute atomic E-state index is 0.0164. The summed E-state index contributed by atoms with van der Waals surface area (Å²) in [6, 6.07) is 10.1. The second kappa shape index (κ2) is 7.17. The Kier molecular flexibility index (Phi) is 5.52. The molecular formula is C15H20N2O2S2. The van der Waals surface area contributed by atoms with Crippen molar-refractivity contribution in [2.75, 3.05) is 7.05 Å². The Morgan fingerprint density at radius 3 is 2.38 bits per heavy atom. The van der Waals surface area contributed by atoms with Gasteiger partial charge in [-0.3, -0.25) is 0 Å². The molecule has 0 spiro atoms. The van der Waals surface area contributed by atoms with Crippen molar-refractivity contribution in [2.24, 2.45) is 0 Å². The van der Waals surface area contributed by atoms with Crippen molar-refractivity contribution in [3.05, 3.63) is 57.8 Å². The number of benzene rings is 1. The fourth-order valence-electron chi connectivity index (χ4n) is 1.96. The van der Waals surface area contributed by atoms with Crippen LogP contribution in [0.25, 0.3) is 0 Å². The highest BCUT2D eigenvalue weighted by Crippen LogP contribution is 2.16. The normalized spacial score (nSPS) is 13.2. The number of sulfonamides is 1. The highest BCUT2D eigenvalue weighted by atomic mass is 32.2. The molecule has 21 heavy (non-hydrogen) atoms. The van der Waals surface area contributed by atoms with Crippen LogP contribution in [-0.2, 0) is 22.3 Å². The van der Waals surface area contributed by atoms with Crippen LogP contribution in [0.4, 0.5) is 0 Å². The van der Waals surface area contributed by atoms with Crippen molar-refractivity contribution in [3.63, 3.8) is 0 Å². The van der Waals surface area contributed by atoms with E-state index in [4.69, 9.17) is 0 Å². The van der Waals surface area contributed by atoms with Gasteiger partial charge in [0.15, 0.2) is 0 Å². The van der Waals surface area contributed by atoms with Crippen molar-refractivity contribution in [1.29, 1.82) is 0 Å². The van der Waals surface area contributed by atoms with E-state index in [0.29, 0.717) is 6.04 Å². The van der Waals surface area contributed by atoms with E-state index in [0.717, 1.165) is 17.7 Å². The van der Waals surface area contributed by atoms with E-state index in [1.165, 1.54) is 12.6 Å². The Morgan fingerprint density at radius 1 is 1.14 bits per heavy atom. The lowest BCUT2D eigenvalue weighted by Gasteiger charge is -2.12. The largest absolute Gasteiger partial charge is 0.306 e. The molecule has 0 fully saturated rings. The van der Waals surface area contributed by atoms with E-state index in [9.17, 15) is 8.42 Å². The van der Waals surface area contributed by atoms with E-state index >= 15 is 0 Å². The molecule has 1 aromatic carbocycles. The smallest absolute Gasteiger partial charge is 0.215 e. The number of hydrogen-bond donors (Lipinski definition) is 2. The predicted molar refractivity (Wildman–Crippen MR) is 87.7 cm³/mol. The third-order valence-corrected chi connectivity index (χ3v) is 5.38. The molecule has 2 aromatic rings. The Bertz CT molecular complexity index is 649. The number of rotatable bonds is 7. The van der Waals surface area contributed by atoms with Gasteiger partial charge < -0.3 is 5.32 Å². The minimum Gasteiger partial charge on any atom is -0.306 e. The molecular weight excluding hydrogens is 304 g/mol. The first-order valence-corrected chi connectivity index (χ1v) is 9.34. The SMILES string of the molecule is CNS(=O)(=O)Cc1ccc(CN[C@H](C)c2ccsc2)cc1. The van der Waals surface area contributed by atoms with Gasteiger partial charge in [0.2, 0.25) is 10.0 Å². The van der Waals surface area contributed by atoms with Gasteiger partial charge in [-0.15, -0.1) is 0 Å². The fraction of sp³-hybridized carbons (Fsp3) is 0.333. The van der Waals surface area contributed by atoms with Gasteiger partial charge >= 0.3 is 0 Å². The number of nitrogens with one attached hydrogen (secondary N) is 2. The Morgan fingerprint density at radius 2 is 1.81 bits per heavy atom. The summed E-state index contributed by atoms with van der Waals surface area (Å²) in [6.07, 6.45) is 0. The highest BCUT2D eigenvalue weighted by Gasteiger charge is 2.08. The molecule has 1 heterocycles. The average molecular weight is 324 g/mol. The maximum absolute atomic E-state index is 11.5. The third kappa shape index (κ3) is 4.93. The minimum atomic E-state index is -3.21. The van der Waals surface area contributed by atoms with Gasteiger partial charge in [0.25, 0.3) is 0 Å². The van der Waals surface area contributed by atoms with E-state index in [-0.39, 0.29) is 5.75 Å². The summed E-state index contributed by atoms with van der Waals surface area (Å²) >= 11 is 1.70. The van der Waals surface area contributed by atoms with Crippen LogP contribution in [-0.4, -0.2) is 15.5 Å². The van der Waals surface area contributed by atoms with Crippen LogP contribution >= 0.6 is 11.3 Å². The first-order chi connectivity index (χ1) is 10.00. The molecule has 0 aliphatic heterocycles. The van der Waals surface area contributed by atoms with Gasteiger partial charge in [0, 0.05) is 12.6 Å². The Hall–Kier alpha value is -1.21. The van der Waals surface area contributed by atoms with E-state index in [1.54, 1.807) is 11.3 Å². The van der Waals surface area contributed by atoms with Gasteiger partial charge in [-0.05, 0) is 47.5 Å². The van der Waals surface area contributed by atoms with Crippen LogP contribution in [0.15, 0.2) is 41.1 Å². The van der Waals surface area contributed by atoms with Crippen LogP contribution in [0, 0.1) is 0 Å². The zero-order chi connectivity index (χ0) is 15.3. The quantitative estimate of drug-likeness (QED) is 0.823. The third-order valence-electron chi connectivity index (χ3n) is 3.35. The van der Waals surface area contributed by atoms with Crippen LogP contribution in [0.3, 0.4) is 0 Å². The van der Waals surface area contributed by atoms with Gasteiger partial charge in [-0.1, -0.05) is 24.3 Å². The summed E-state index contributed by atoms with van der Waals surface area (Å²) in [4.78, 5) is 0. The summed E-state index contributed by atoms with van der Waals surface area (Å²) in [5.41, 5.74) is 3.22. The highest BCUT2D eigenvalue weighted by molar-refractivity contribution is 7.88. The molecule has 1 atom stereocenters. The molecule has 0 saturated heterocycles. The second-order valence-corrected chi connectivity index (χ2v) is 7.65. The monoisotopic (exact) mass is 324 g/mol. The van der Waals surface area contributed by atoms with Gasteiger partial charge in [0.1, 0.15) is 0 Å². The van der Waals surface area contributed by atoms with Crippen LogP contribution < -0.4 is 10.0 Å². The van der Waals surface area contributed by atoms with Crippen molar-refractivity contribution >= 4 is 21.4 Å². The zero-order valence-electron chi connectivity index (χ0n) is 12.2. The van der Waals surface area contributed by atoms with Crippen LogP contribution in [0.5, 0.6) is 0 Å². The first-order valence-electron chi connectivity index (χ1n) is 6.74. The maximum atomic E-state index is 11.5. The van der Waals surface area contributed by atoms with Crippen molar-refractivity contribution in [3.8, 4) is 0 Å². The van der Waals surface area contributed by atoms with Gasteiger partial charge in [-0.25, -0.2) is 13.1 Å². The lowest BCUT2D eigenvalue weighted by molar-refractivity contribution is 0.576. The first kappa shape index (κ1) is 16.2. The molecule has 2 rings (SSSR count). The lowest BCUT2D eigenvalue weighted by Crippen LogP contribution is -2.20. The van der Waals surface area contributed by atoms with E-state index < -0.39 is 10.0 Å². The van der Waals surface area contributed by atoms with Crippen molar-refractivity contribution in [2.45, 2.75) is 25.3 Å². The van der Waals surface area contributed by atoms with Crippen molar-refractivity contribution in [1.82, 2.24) is 10.0 Å². The fourth-order valence-corrected chi connectivity index (χ4v) is 3.48. The molecule has 1 aromatic heterocycles. The standard InChI is InChI=1S/C15H20N2O2S2/c1-12(15-7-8-20-10-15)17-9-13-3-5-14(6-4-13)11-21(18,19)16-2/h3-8,10,12,16-17H,9,11H2,1-2H3/t12-/m1/s1. The molecule has 0 unspecified atom stereocenters. The summed E-state index contributed by atoms with van der Waals surface area (Å²) in [6.45, 7) is 2.89. The molecule has 0 aliphatic carbocycles. The Labute approximate surface area is 130 Å². The molecule has 4 nitrogen and oxygen atoms in total. The molecule has 6 heteroatoms. The van der Waals surface area contributed by atoms with Gasteiger partial charge in [0.05, 0.1) is 5.75 Å². The molecule has 0 radical (unpaired) electrons. The topological polar surface area (TPSA) is 58.2 Å². The molecule has 0 bridgehead atoms. The van der Waals surface area contributed by atoms with E-state index in [2.05, 4.69) is 33.8 Å². The van der Waals surface area contributed by atoms with Crippen molar-refractivity contribution < 1.29 is 8.42 Å². The summed E-state index contributed by atoms with van der Waals surface area (Å²) in [5.74, 6) is 0.0164. The zero-order valence-corrected chi connectivity index (χ0v) is 13.8. The van der Waals surface area contributed by atoms with Gasteiger partial charge in [-0.2, -0.15) is 11.3 Å². The predicted octanol–water partition coefficient (Wildman–Crippen LogP) is 2.65. The molecule has 2 N–H and O–H groups in total. The maximum Gasteiger partial charge on any atom is 0.215 e. The number of hydrogen-bond acceptors (Lipinski definition) is 4. The summed E-state index contributed by atoms with van der Waals surface area (Å²) in [7, 11) is -1.78. The summed E-state index contributed by atoms with van der Waals surface area (Å²) in [5, 5.41) is 7.67. The number of thiophene rings is 1. The average Bonchev–Trinajstić information content (AvgIpc) is 3.00. The lowest BCUT2D eigenvalue weighted by atomic mass is 10.1. The van der Waals surface area contributed by atoms with E-state index in [1.807, 2.05) is 24.3 Å². The molecule has 0 aliphatic rings. The summed E-state index contributed by atoms with van der Waals surface area (Å²) < 4.78 is 25.3. The molecule has 0 amide bonds. The Balaban J connectivity index is 1.91. The molecule has 114 valence electrons. The second-order valence-electron chi connectivity index (χ2n) is 4.94.